The molecule has 1 N–H and O–H groups in total. The van der Waals surface area contributed by atoms with Gasteiger partial charge in [0.05, 0.1) is 0 Å². The Morgan fingerprint density at radius 1 is 1.27 bits per heavy atom. The van der Waals surface area contributed by atoms with E-state index in [1.165, 1.54) is 12.1 Å². The zero-order valence-electron chi connectivity index (χ0n) is 5.74. The highest BCUT2D eigenvalue weighted by molar-refractivity contribution is 5.73. The van der Waals surface area contributed by atoms with Crippen LogP contribution in [-0.4, -0.2) is 11.4 Å². The number of hydrogen-bond donors (Lipinski definition) is 1. The summed E-state index contributed by atoms with van der Waals surface area (Å²) in [6.45, 7) is 0. The molecule has 0 spiro atoms. The van der Waals surface area contributed by atoms with Crippen molar-refractivity contribution in [2.24, 2.45) is 0 Å². The van der Waals surface area contributed by atoms with Crippen molar-refractivity contribution >= 4 is 6.29 Å². The fourth-order valence-corrected chi connectivity index (χ4v) is 0.658. The summed E-state index contributed by atoms with van der Waals surface area (Å²) in [6, 6.07) is 6.33. The fraction of sp³-hybridized carbons (Fsp3) is 0. The Labute approximate surface area is 64.5 Å². The van der Waals surface area contributed by atoms with Crippen LogP contribution in [0, 0.1) is 11.8 Å². The van der Waals surface area contributed by atoms with Crippen LogP contribution < -0.4 is 0 Å². The molecule has 1 rings (SSSR count). The molecular weight excluding hydrogens is 140 g/mol. The summed E-state index contributed by atoms with van der Waals surface area (Å²) in [5.41, 5.74) is 0.718. The minimum atomic E-state index is 0.196. The molecule has 0 amide bonds. The van der Waals surface area contributed by atoms with Crippen LogP contribution in [0.3, 0.4) is 0 Å². The van der Waals surface area contributed by atoms with Gasteiger partial charge in [-0.3, -0.25) is 4.79 Å². The summed E-state index contributed by atoms with van der Waals surface area (Å²) in [5, 5.41) is 8.86. The molecule has 54 valence electrons. The molecule has 0 bridgehead atoms. The molecule has 0 aromatic heterocycles. The monoisotopic (exact) mass is 146 g/mol. The number of benzene rings is 1. The molecule has 0 atom stereocenters. The maximum absolute atomic E-state index is 9.82. The van der Waals surface area contributed by atoms with E-state index in [4.69, 9.17) is 5.11 Å². The van der Waals surface area contributed by atoms with Crippen molar-refractivity contribution in [2.75, 3.05) is 0 Å². The van der Waals surface area contributed by atoms with Gasteiger partial charge in [0.25, 0.3) is 0 Å². The number of hydrogen-bond acceptors (Lipinski definition) is 2. The van der Waals surface area contributed by atoms with E-state index >= 15 is 0 Å². The van der Waals surface area contributed by atoms with Gasteiger partial charge in [0.1, 0.15) is 5.75 Å². The van der Waals surface area contributed by atoms with Crippen molar-refractivity contribution in [2.45, 2.75) is 0 Å². The molecule has 0 aliphatic carbocycles. The molecule has 0 fully saturated rings. The minimum absolute atomic E-state index is 0.196. The number of rotatable bonds is 0. The number of carbonyl (C=O) groups is 1. The number of carbonyl (C=O) groups excluding carboxylic acids is 1. The number of phenolic OH excluding ortho intramolecular Hbond substituents is 1. The summed E-state index contributed by atoms with van der Waals surface area (Å²) in [5.74, 6) is 5.06. The van der Waals surface area contributed by atoms with Crippen molar-refractivity contribution in [3.05, 3.63) is 29.8 Å². The third kappa shape index (κ3) is 2.15. The predicted octanol–water partition coefficient (Wildman–Crippen LogP) is 0.943. The van der Waals surface area contributed by atoms with E-state index in [0.29, 0.717) is 6.29 Å². The normalized spacial score (nSPS) is 8.00. The lowest BCUT2D eigenvalue weighted by Crippen LogP contribution is -1.72. The summed E-state index contributed by atoms with van der Waals surface area (Å²) in [4.78, 5) is 9.82. The lowest BCUT2D eigenvalue weighted by Gasteiger charge is -1.89. The Morgan fingerprint density at radius 3 is 2.45 bits per heavy atom. The summed E-state index contributed by atoms with van der Waals surface area (Å²) < 4.78 is 0. The molecule has 11 heavy (non-hydrogen) atoms. The van der Waals surface area contributed by atoms with Crippen LogP contribution in [-0.2, 0) is 4.79 Å². The van der Waals surface area contributed by atoms with Gasteiger partial charge in [-0.15, -0.1) is 0 Å². The first-order valence-electron chi connectivity index (χ1n) is 3.07. The Bertz CT molecular complexity index is 301. The molecule has 1 aromatic carbocycles. The first kappa shape index (κ1) is 7.36. The number of phenols is 1. The lowest BCUT2D eigenvalue weighted by molar-refractivity contribution is -0.103. The van der Waals surface area contributed by atoms with E-state index in [0.717, 1.165) is 5.56 Å². The van der Waals surface area contributed by atoms with Crippen molar-refractivity contribution in [1.82, 2.24) is 0 Å². The van der Waals surface area contributed by atoms with Crippen LogP contribution in [0.1, 0.15) is 5.56 Å². The largest absolute Gasteiger partial charge is 0.508 e. The van der Waals surface area contributed by atoms with Crippen molar-refractivity contribution in [3.8, 4) is 17.6 Å². The second kappa shape index (κ2) is 3.43. The average Bonchev–Trinajstić information content (AvgIpc) is 2.04. The maximum atomic E-state index is 9.82. The first-order chi connectivity index (χ1) is 5.33. The van der Waals surface area contributed by atoms with E-state index in [1.807, 2.05) is 0 Å². The molecule has 0 saturated carbocycles. The van der Waals surface area contributed by atoms with Gasteiger partial charge in [-0.05, 0) is 30.2 Å². The smallest absolute Gasteiger partial charge is 0.193 e. The van der Waals surface area contributed by atoms with Crippen molar-refractivity contribution in [1.29, 1.82) is 0 Å². The Hall–Kier alpha value is -1.75. The molecule has 0 unspecified atom stereocenters. The molecule has 0 aliphatic heterocycles. The van der Waals surface area contributed by atoms with Crippen molar-refractivity contribution < 1.29 is 9.90 Å². The third-order valence-corrected chi connectivity index (χ3v) is 1.14. The third-order valence-electron chi connectivity index (χ3n) is 1.14. The number of aromatic hydroxyl groups is 1. The molecule has 0 heterocycles. The molecule has 0 radical (unpaired) electrons. The van der Waals surface area contributed by atoms with Gasteiger partial charge in [-0.1, -0.05) is 5.92 Å². The van der Waals surface area contributed by atoms with Gasteiger partial charge in [-0.25, -0.2) is 0 Å². The van der Waals surface area contributed by atoms with Gasteiger partial charge in [0, 0.05) is 5.56 Å². The Balaban J connectivity index is 2.90. The van der Waals surface area contributed by atoms with Gasteiger partial charge in [-0.2, -0.15) is 0 Å². The Morgan fingerprint density at radius 2 is 1.91 bits per heavy atom. The van der Waals surface area contributed by atoms with Gasteiger partial charge in [0.2, 0.25) is 0 Å². The molecule has 0 aliphatic rings. The molecule has 2 nitrogen and oxygen atoms in total. The topological polar surface area (TPSA) is 37.3 Å². The van der Waals surface area contributed by atoms with E-state index in [1.54, 1.807) is 12.1 Å². The lowest BCUT2D eigenvalue weighted by atomic mass is 10.2. The quantitative estimate of drug-likeness (QED) is 0.437. The molecule has 1 aromatic rings. The zero-order valence-corrected chi connectivity index (χ0v) is 5.74. The molecule has 0 saturated heterocycles. The second-order valence-corrected chi connectivity index (χ2v) is 1.93. The van der Waals surface area contributed by atoms with Crippen molar-refractivity contribution in [3.63, 3.8) is 0 Å². The van der Waals surface area contributed by atoms with Crippen LogP contribution in [0.15, 0.2) is 24.3 Å². The van der Waals surface area contributed by atoms with Gasteiger partial charge in [0.15, 0.2) is 6.29 Å². The summed E-state index contributed by atoms with van der Waals surface area (Å²) >= 11 is 0. The molecule has 2 heteroatoms. The molecular formula is C9H6O2. The summed E-state index contributed by atoms with van der Waals surface area (Å²) in [7, 11) is 0. The minimum Gasteiger partial charge on any atom is -0.508 e. The van der Waals surface area contributed by atoms with E-state index < -0.39 is 0 Å². The van der Waals surface area contributed by atoms with E-state index in [9.17, 15) is 4.79 Å². The van der Waals surface area contributed by atoms with Crippen LogP contribution in [0.2, 0.25) is 0 Å². The fourth-order valence-electron chi connectivity index (χ4n) is 0.658. The zero-order chi connectivity index (χ0) is 8.10. The highest BCUT2D eigenvalue weighted by Crippen LogP contribution is 2.07. The van der Waals surface area contributed by atoms with Gasteiger partial charge >= 0.3 is 0 Å². The first-order valence-corrected chi connectivity index (χ1v) is 3.07. The summed E-state index contributed by atoms with van der Waals surface area (Å²) in [6.07, 6.45) is 0.535. The predicted molar refractivity (Wildman–Crippen MR) is 41.0 cm³/mol. The van der Waals surface area contributed by atoms with Crippen LogP contribution in [0.25, 0.3) is 0 Å². The van der Waals surface area contributed by atoms with E-state index in [2.05, 4.69) is 11.8 Å². The highest BCUT2D eigenvalue weighted by Gasteiger charge is 1.85. The second-order valence-electron chi connectivity index (χ2n) is 1.93. The highest BCUT2D eigenvalue weighted by atomic mass is 16.3. The maximum Gasteiger partial charge on any atom is 0.193 e. The number of aldehydes is 1. The van der Waals surface area contributed by atoms with Crippen LogP contribution >= 0.6 is 0 Å². The van der Waals surface area contributed by atoms with Crippen LogP contribution in [0.5, 0.6) is 5.75 Å². The Kier molecular flexibility index (Phi) is 2.29. The van der Waals surface area contributed by atoms with E-state index in [-0.39, 0.29) is 5.75 Å². The van der Waals surface area contributed by atoms with Crippen LogP contribution in [0.4, 0.5) is 0 Å². The average molecular weight is 146 g/mol. The van der Waals surface area contributed by atoms with Gasteiger partial charge < -0.3 is 5.11 Å². The standard InChI is InChI=1S/C9H6O2/c10-7-1-2-8-3-5-9(11)6-4-8/h3-7,11H. The SMILES string of the molecule is O=CC#Cc1ccc(O)cc1.